The highest BCUT2D eigenvalue weighted by Crippen LogP contribution is 2.36. The maximum absolute atomic E-state index is 13.9. The lowest BCUT2D eigenvalue weighted by atomic mass is 9.98. The lowest BCUT2D eigenvalue weighted by Gasteiger charge is -2.25. The molecule has 642 valence electrons. The molecule has 12 aromatic rings. The Bertz CT molecular complexity index is 5680. The first-order valence-electron chi connectivity index (χ1n) is 41.6. The van der Waals surface area contributed by atoms with Crippen molar-refractivity contribution in [2.75, 3.05) is 72.0 Å². The number of aromatic hydroxyl groups is 2. The van der Waals surface area contributed by atoms with Crippen molar-refractivity contribution in [3.8, 4) is 23.0 Å². The highest BCUT2D eigenvalue weighted by atomic mass is 35.5. The van der Waals surface area contributed by atoms with E-state index in [-0.39, 0.29) is 90.7 Å². The van der Waals surface area contributed by atoms with Crippen LogP contribution in [0.25, 0.3) is 21.8 Å². The molecule has 4 amide bonds. The number of amides is 4. The number of H-pyrrole nitrogens is 2. The molecule has 2 aromatic heterocycles. The molecule has 4 saturated heterocycles. The van der Waals surface area contributed by atoms with Crippen LogP contribution in [0.5, 0.6) is 23.0 Å². The van der Waals surface area contributed by atoms with Gasteiger partial charge in [-0.25, -0.2) is 9.59 Å². The third-order valence-electron chi connectivity index (χ3n) is 22.8. The Labute approximate surface area is 724 Å². The second kappa shape index (κ2) is 43.2. The minimum atomic E-state index is -0.878. The smallest absolute Gasteiger partial charge is 0.408 e. The average Bonchev–Trinajstić information content (AvgIpc) is 1.04. The van der Waals surface area contributed by atoms with Crippen LogP contribution >= 0.6 is 12.4 Å². The van der Waals surface area contributed by atoms with E-state index < -0.39 is 36.5 Å². The van der Waals surface area contributed by atoms with Gasteiger partial charge in [0.05, 0.1) is 35.3 Å². The number of nitrogens with one attached hydrogen (secondary N) is 5. The van der Waals surface area contributed by atoms with E-state index in [1.54, 1.807) is 41.3 Å². The number of nitrogens with two attached hydrogens (primary N) is 1. The van der Waals surface area contributed by atoms with Crippen LogP contribution in [-0.2, 0) is 40.6 Å². The fourth-order valence-electron chi connectivity index (χ4n) is 16.4. The van der Waals surface area contributed by atoms with E-state index in [0.717, 1.165) is 103 Å². The van der Waals surface area contributed by atoms with Gasteiger partial charge in [-0.2, -0.15) is 0 Å². The molecule has 0 aliphatic carbocycles. The van der Waals surface area contributed by atoms with Crippen LogP contribution in [0, 0.1) is 11.8 Å². The van der Waals surface area contributed by atoms with Crippen molar-refractivity contribution in [3.05, 3.63) is 354 Å². The number of halogens is 1. The number of hydrogen-bond acceptors (Lipinski definition) is 19. The number of aliphatic hydroxyl groups excluding tert-OH is 2. The topological polar surface area (TPSA) is 344 Å². The van der Waals surface area contributed by atoms with E-state index in [1.807, 2.05) is 211 Å². The minimum Gasteiger partial charge on any atom is -0.506 e. The van der Waals surface area contributed by atoms with Crippen molar-refractivity contribution < 1.29 is 63.3 Å². The molecule has 16 rings (SSSR count). The Hall–Kier alpha value is -13.0. The van der Waals surface area contributed by atoms with Crippen molar-refractivity contribution in [2.24, 2.45) is 17.6 Å². The predicted octanol–water partition coefficient (Wildman–Crippen LogP) is 13.4. The van der Waals surface area contributed by atoms with Crippen LogP contribution in [0.3, 0.4) is 0 Å². The Kier molecular flexibility index (Phi) is 30.9. The summed E-state index contributed by atoms with van der Waals surface area (Å²) < 4.78 is 24.2. The standard InChI is InChI=1S/C49H51N5O7.C38H39N3O5.C11H12N2O3.ClH/c55-42-21-19-40(41-20-22-45(57)51-47(41)42)43(56)28-50-24-8-25-54(29-33-9-3-1-4-10-33)48(58)36-17-15-34(16-18-36)32-60-39-14-7-13-37(27-39)46(35-11-5-2-6-12-35)52-49(59)61-44-31-53-26-23-38(44)30-53;42-22-8-20-41(24-28-9-3-1-4-10-28)37(43)31-17-15-29(16-18-31)27-45-34-14-7-13-32(23-34)36(30-11-5-2-6-12-30)39-38(44)46-35-26-40-21-19-33(35)25-40;12-5-9(15)6-1-3-8(14)11-7(6)2-4-10(16)13-11;/h1-7,9-22,27,38,43-44,46,50,55-56H,8,23-26,28-32H2,(H,51,57)(H,52,59);1-7,9-18,22-23,33,35-36H,8,19-21,24-27H2,(H,39,44);1-4,9,14-15H,5,12H2,(H,13,16);1H/t38?,43-,44-,46-;33?,35-,36-;9-;/m000./s1. The fraction of sp³-hybridized carbons (Fsp3) is 0.276. The summed E-state index contributed by atoms with van der Waals surface area (Å²) in [6.07, 6.45) is 1.22. The van der Waals surface area contributed by atoms with Gasteiger partial charge in [0.1, 0.15) is 54.7 Å². The number of pyridine rings is 2. The normalized spacial score (nSPS) is 17.4. The number of aldehydes is 1. The van der Waals surface area contributed by atoms with Crippen molar-refractivity contribution in [1.29, 1.82) is 0 Å². The molecule has 124 heavy (non-hydrogen) atoms. The number of aliphatic hydroxyl groups is 2. The van der Waals surface area contributed by atoms with Gasteiger partial charge < -0.3 is 85.6 Å². The number of phenolic OH excluding ortho intramolecular Hbond substituents is 2. The molecule has 10 aromatic carbocycles. The zero-order valence-corrected chi connectivity index (χ0v) is 69.4. The number of benzene rings is 10. The maximum Gasteiger partial charge on any atom is 0.408 e. The van der Waals surface area contributed by atoms with Gasteiger partial charge in [0.25, 0.3) is 11.8 Å². The third kappa shape index (κ3) is 23.4. The van der Waals surface area contributed by atoms with Gasteiger partial charge >= 0.3 is 12.2 Å². The van der Waals surface area contributed by atoms with Gasteiger partial charge in [-0.05, 0) is 167 Å². The lowest BCUT2D eigenvalue weighted by molar-refractivity contribution is -0.108. The number of phenols is 2. The monoisotopic (exact) mass is 1690 g/mol. The fourth-order valence-corrected chi connectivity index (χ4v) is 16.4. The number of nitrogens with zero attached hydrogens (tertiary/aromatic N) is 4. The van der Waals surface area contributed by atoms with Gasteiger partial charge in [-0.3, -0.25) is 29.0 Å². The highest BCUT2D eigenvalue weighted by Gasteiger charge is 2.42. The van der Waals surface area contributed by atoms with Gasteiger partial charge in [-0.15, -0.1) is 12.4 Å². The number of rotatable bonds is 32. The summed E-state index contributed by atoms with van der Waals surface area (Å²) in [6.45, 7) is 8.94. The van der Waals surface area contributed by atoms with E-state index in [9.17, 15) is 54.0 Å². The molecule has 26 heteroatoms. The molecular weight excluding hydrogens is 1590 g/mol. The zero-order valence-electron chi connectivity index (χ0n) is 68.6. The molecule has 0 spiro atoms. The van der Waals surface area contributed by atoms with E-state index in [1.165, 1.54) is 24.3 Å². The first-order valence-corrected chi connectivity index (χ1v) is 41.6. The number of aromatic amines is 2. The van der Waals surface area contributed by atoms with E-state index in [0.29, 0.717) is 108 Å². The van der Waals surface area contributed by atoms with E-state index in [4.69, 9.17) is 24.7 Å². The Balaban J connectivity index is 0.000000184. The molecule has 0 radical (unpaired) electrons. The Morgan fingerprint density at radius 2 is 0.903 bits per heavy atom. The van der Waals surface area contributed by atoms with E-state index in [2.05, 4.69) is 35.7 Å². The number of hydrogen-bond donors (Lipinski definition) is 10. The molecule has 4 aliphatic rings. The summed E-state index contributed by atoms with van der Waals surface area (Å²) in [4.78, 5) is 101. The molecule has 4 fully saturated rings. The van der Waals surface area contributed by atoms with Crippen LogP contribution in [0.2, 0.25) is 0 Å². The highest BCUT2D eigenvalue weighted by molar-refractivity contribution is 5.95. The predicted molar refractivity (Wildman–Crippen MR) is 476 cm³/mol. The number of aromatic nitrogens is 2. The largest absolute Gasteiger partial charge is 0.506 e. The van der Waals surface area contributed by atoms with Crippen LogP contribution in [0.1, 0.15) is 126 Å². The van der Waals surface area contributed by atoms with Gasteiger partial charge in [0.15, 0.2) is 0 Å². The third-order valence-corrected chi connectivity index (χ3v) is 22.8. The number of carbonyl (C=O) groups excluding carboxylic acids is 5. The molecule has 10 atom stereocenters. The second-order valence-electron chi connectivity index (χ2n) is 31.4. The summed E-state index contributed by atoms with van der Waals surface area (Å²) in [5.41, 5.74) is 15.1. The first-order chi connectivity index (χ1) is 59.9. The molecule has 6 heterocycles. The van der Waals surface area contributed by atoms with Crippen LogP contribution < -0.4 is 42.3 Å². The molecule has 25 nitrogen and oxygen atoms in total. The summed E-state index contributed by atoms with van der Waals surface area (Å²) in [5, 5.41) is 51.1. The first kappa shape index (κ1) is 88.8. The number of fused-ring (bicyclic) bond motifs is 6. The maximum atomic E-state index is 13.9. The SMILES string of the molecule is Cl.NC[C@H](O)c1ccc(O)c2[nH]c(=O)ccc12.O=C(N[C@@H](c1ccccc1)c1cccc(OCc2ccc(C(=O)N(CCCNC[C@H](O)c3ccc(O)c4[nH]c(=O)ccc34)Cc3ccccc3)cc2)c1)O[C@H]1CN2CCC1C2.O=CCCN(Cc1ccccc1)C(=O)c1ccc(COc2cccc([C@@H](NC(=O)O[C@H]3CN4CCC3C4)c3ccccc3)c2)cc1. The number of piperidine rings is 2. The summed E-state index contributed by atoms with van der Waals surface area (Å²) >= 11 is 0. The van der Waals surface area contributed by atoms with Crippen molar-refractivity contribution in [3.63, 3.8) is 0 Å². The van der Waals surface area contributed by atoms with Crippen molar-refractivity contribution >= 4 is 64.5 Å². The van der Waals surface area contributed by atoms with E-state index >= 15 is 0 Å². The Morgan fingerprint density at radius 3 is 1.31 bits per heavy atom. The minimum absolute atomic E-state index is 0. The van der Waals surface area contributed by atoms with Crippen LogP contribution in [0.15, 0.2) is 277 Å². The van der Waals surface area contributed by atoms with Gasteiger partial charge in [0.2, 0.25) is 11.1 Å². The second-order valence-corrected chi connectivity index (χ2v) is 31.4. The number of carbonyl (C=O) groups is 5. The quantitative estimate of drug-likeness (QED) is 0.0138. The molecule has 4 bridgehead atoms. The molecular formula is C98H103ClN10O15. The van der Waals surface area contributed by atoms with Crippen LogP contribution in [-0.4, -0.2) is 164 Å². The lowest BCUT2D eigenvalue weighted by Crippen LogP contribution is -2.37. The average molecular weight is 1700 g/mol. The summed E-state index contributed by atoms with van der Waals surface area (Å²) in [7, 11) is 0. The number of alkyl carbamates (subject to hydrolysis) is 2. The molecule has 4 unspecified atom stereocenters. The van der Waals surface area contributed by atoms with Crippen LogP contribution in [0.4, 0.5) is 9.59 Å². The van der Waals surface area contributed by atoms with Gasteiger partial charge in [0, 0.05) is 118 Å². The zero-order chi connectivity index (χ0) is 85.6. The Morgan fingerprint density at radius 1 is 0.484 bits per heavy atom. The summed E-state index contributed by atoms with van der Waals surface area (Å²) in [5.74, 6) is 1.83. The summed E-state index contributed by atoms with van der Waals surface area (Å²) in [6, 6.07) is 80.7. The molecule has 4 aliphatic heterocycles. The number of ether oxygens (including phenoxy) is 4. The van der Waals surface area contributed by atoms with Crippen molar-refractivity contribution in [2.45, 2.75) is 88.5 Å². The van der Waals surface area contributed by atoms with Gasteiger partial charge in [-0.1, -0.05) is 182 Å². The molecule has 11 N–H and O–H groups in total. The molecule has 0 saturated carbocycles. The van der Waals surface area contributed by atoms with Crippen molar-refractivity contribution in [1.82, 2.24) is 45.5 Å².